The number of nitrogens with one attached hydrogen (secondary N) is 1. The largest absolute Gasteiger partial charge is 0.416 e. The van der Waals surface area contributed by atoms with Gasteiger partial charge in [-0.15, -0.1) is 10.2 Å². The molecule has 1 aromatic rings. The zero-order chi connectivity index (χ0) is 12.1. The van der Waals surface area contributed by atoms with Gasteiger partial charge in [-0.05, 0) is 13.0 Å². The molecule has 2 rings (SSSR count). The van der Waals surface area contributed by atoms with Crippen LogP contribution in [0.1, 0.15) is 19.2 Å². The molecular formula is C11H19N3O2S. The molecular weight excluding hydrogens is 238 g/mol. The number of aromatic nitrogens is 2. The van der Waals surface area contributed by atoms with Gasteiger partial charge in [0.1, 0.15) is 0 Å². The Labute approximate surface area is 106 Å². The maximum Gasteiger partial charge on any atom is 0.276 e. The molecule has 17 heavy (non-hydrogen) atoms. The van der Waals surface area contributed by atoms with E-state index >= 15 is 0 Å². The Morgan fingerprint density at radius 1 is 1.53 bits per heavy atom. The van der Waals surface area contributed by atoms with Crippen LogP contribution in [-0.2, 0) is 4.74 Å². The van der Waals surface area contributed by atoms with Gasteiger partial charge in [-0.2, -0.15) is 0 Å². The van der Waals surface area contributed by atoms with Gasteiger partial charge >= 0.3 is 0 Å². The lowest BCUT2D eigenvalue weighted by molar-refractivity contribution is 0.179. The van der Waals surface area contributed by atoms with Gasteiger partial charge < -0.3 is 14.5 Å². The molecule has 1 N–H and O–H groups in total. The molecule has 0 spiro atoms. The molecule has 0 saturated carbocycles. The molecule has 1 aliphatic rings. The molecule has 2 unspecified atom stereocenters. The van der Waals surface area contributed by atoms with Crippen LogP contribution >= 0.6 is 11.8 Å². The summed E-state index contributed by atoms with van der Waals surface area (Å²) in [6, 6.07) is 0.458. The Morgan fingerprint density at radius 3 is 3.00 bits per heavy atom. The molecule has 0 aliphatic carbocycles. The highest BCUT2D eigenvalue weighted by Gasteiger charge is 2.25. The average molecular weight is 257 g/mol. The molecule has 0 bridgehead atoms. The first kappa shape index (κ1) is 12.9. The fourth-order valence-electron chi connectivity index (χ4n) is 1.99. The summed E-state index contributed by atoms with van der Waals surface area (Å²) in [5.74, 6) is 2.17. The topological polar surface area (TPSA) is 60.2 Å². The molecule has 1 aliphatic heterocycles. The average Bonchev–Trinajstić information content (AvgIpc) is 2.95. The van der Waals surface area contributed by atoms with Gasteiger partial charge in [-0.3, -0.25) is 0 Å². The fraction of sp³-hybridized carbons (Fsp3) is 0.818. The molecule has 0 radical (unpaired) electrons. The molecule has 96 valence electrons. The standard InChI is InChI=1S/C11H19N3O2S/c1-3-12-10(9-4-5-15-6-9)7-17-11-14-13-8(2)16-11/h9-10,12H,3-7H2,1-2H3. The monoisotopic (exact) mass is 257 g/mol. The van der Waals surface area contributed by atoms with Crippen molar-refractivity contribution in [2.45, 2.75) is 31.5 Å². The Hall–Kier alpha value is -0.590. The zero-order valence-corrected chi connectivity index (χ0v) is 11.1. The van der Waals surface area contributed by atoms with Crippen molar-refractivity contribution in [1.82, 2.24) is 15.5 Å². The van der Waals surface area contributed by atoms with E-state index in [2.05, 4.69) is 22.4 Å². The van der Waals surface area contributed by atoms with E-state index in [1.165, 1.54) is 0 Å². The van der Waals surface area contributed by atoms with Gasteiger partial charge in [0.25, 0.3) is 5.22 Å². The summed E-state index contributed by atoms with van der Waals surface area (Å²) in [4.78, 5) is 0. The highest BCUT2D eigenvalue weighted by molar-refractivity contribution is 7.99. The minimum absolute atomic E-state index is 0.458. The predicted octanol–water partition coefficient (Wildman–Crippen LogP) is 1.48. The summed E-state index contributed by atoms with van der Waals surface area (Å²) < 4.78 is 10.8. The van der Waals surface area contributed by atoms with Crippen molar-refractivity contribution >= 4 is 11.8 Å². The van der Waals surface area contributed by atoms with E-state index in [4.69, 9.17) is 9.15 Å². The van der Waals surface area contributed by atoms with E-state index < -0.39 is 0 Å². The second kappa shape index (κ2) is 6.37. The lowest BCUT2D eigenvalue weighted by Crippen LogP contribution is -2.38. The highest BCUT2D eigenvalue weighted by Crippen LogP contribution is 2.23. The number of ether oxygens (including phenoxy) is 1. The van der Waals surface area contributed by atoms with Crippen molar-refractivity contribution in [2.24, 2.45) is 5.92 Å². The quantitative estimate of drug-likeness (QED) is 0.779. The lowest BCUT2D eigenvalue weighted by Gasteiger charge is -2.22. The van der Waals surface area contributed by atoms with Gasteiger partial charge in [-0.25, -0.2) is 0 Å². The number of hydrogen-bond acceptors (Lipinski definition) is 6. The lowest BCUT2D eigenvalue weighted by atomic mass is 10.0. The second-order valence-corrected chi connectivity index (χ2v) is 5.16. The number of thioether (sulfide) groups is 1. The van der Waals surface area contributed by atoms with E-state index in [-0.39, 0.29) is 0 Å². The van der Waals surface area contributed by atoms with Gasteiger partial charge in [0.15, 0.2) is 0 Å². The summed E-state index contributed by atoms with van der Waals surface area (Å²) in [6.45, 7) is 6.66. The summed E-state index contributed by atoms with van der Waals surface area (Å²) in [6.07, 6.45) is 1.14. The molecule has 5 nitrogen and oxygen atoms in total. The van der Waals surface area contributed by atoms with Gasteiger partial charge in [0.05, 0.1) is 6.61 Å². The second-order valence-electron chi connectivity index (χ2n) is 4.19. The van der Waals surface area contributed by atoms with Crippen LogP contribution in [0.25, 0.3) is 0 Å². The SMILES string of the molecule is CCNC(CSc1nnc(C)o1)C1CCOC1. The first-order valence-corrected chi connectivity index (χ1v) is 7.02. The van der Waals surface area contributed by atoms with Gasteiger partial charge in [-0.1, -0.05) is 18.7 Å². The summed E-state index contributed by atoms with van der Waals surface area (Å²) >= 11 is 1.62. The molecule has 6 heteroatoms. The van der Waals surface area contributed by atoms with Crippen LogP contribution < -0.4 is 5.32 Å². The fourth-order valence-corrected chi connectivity index (χ4v) is 2.98. The third-order valence-electron chi connectivity index (χ3n) is 2.89. The minimum atomic E-state index is 0.458. The van der Waals surface area contributed by atoms with Crippen molar-refractivity contribution < 1.29 is 9.15 Å². The first-order valence-electron chi connectivity index (χ1n) is 6.03. The van der Waals surface area contributed by atoms with E-state index in [0.29, 0.717) is 23.1 Å². The van der Waals surface area contributed by atoms with Crippen molar-refractivity contribution in [3.05, 3.63) is 5.89 Å². The van der Waals surface area contributed by atoms with E-state index in [1.54, 1.807) is 11.8 Å². The third-order valence-corrected chi connectivity index (χ3v) is 3.83. The maximum absolute atomic E-state index is 5.44. The van der Waals surface area contributed by atoms with Gasteiger partial charge in [0, 0.05) is 31.2 Å². The Morgan fingerprint density at radius 2 is 2.41 bits per heavy atom. The number of hydrogen-bond donors (Lipinski definition) is 1. The maximum atomic E-state index is 5.44. The van der Waals surface area contributed by atoms with Crippen LogP contribution in [0.3, 0.4) is 0 Å². The van der Waals surface area contributed by atoms with Crippen molar-refractivity contribution in [3.8, 4) is 0 Å². The van der Waals surface area contributed by atoms with E-state index in [0.717, 1.165) is 31.9 Å². The number of nitrogens with zero attached hydrogens (tertiary/aromatic N) is 2. The van der Waals surface area contributed by atoms with Crippen molar-refractivity contribution in [1.29, 1.82) is 0 Å². The Bertz CT molecular complexity index is 339. The first-order chi connectivity index (χ1) is 8.29. The molecule has 1 fully saturated rings. The minimum Gasteiger partial charge on any atom is -0.416 e. The van der Waals surface area contributed by atoms with Crippen LogP contribution in [0.5, 0.6) is 0 Å². The normalized spacial score (nSPS) is 21.9. The molecule has 2 heterocycles. The molecule has 1 saturated heterocycles. The van der Waals surface area contributed by atoms with Crippen LogP contribution in [-0.4, -0.2) is 41.8 Å². The van der Waals surface area contributed by atoms with E-state index in [1.807, 2.05) is 6.92 Å². The summed E-state index contributed by atoms with van der Waals surface area (Å²) in [5.41, 5.74) is 0. The third kappa shape index (κ3) is 3.69. The van der Waals surface area contributed by atoms with Crippen LogP contribution in [0.4, 0.5) is 0 Å². The molecule has 0 amide bonds. The number of rotatable bonds is 6. The van der Waals surface area contributed by atoms with Crippen LogP contribution in [0.15, 0.2) is 9.64 Å². The smallest absolute Gasteiger partial charge is 0.276 e. The predicted molar refractivity (Wildman–Crippen MR) is 66.1 cm³/mol. The van der Waals surface area contributed by atoms with Crippen LogP contribution in [0.2, 0.25) is 0 Å². The molecule has 2 atom stereocenters. The van der Waals surface area contributed by atoms with E-state index in [9.17, 15) is 0 Å². The van der Waals surface area contributed by atoms with Crippen molar-refractivity contribution in [2.75, 3.05) is 25.5 Å². The van der Waals surface area contributed by atoms with Gasteiger partial charge in [0.2, 0.25) is 5.89 Å². The highest BCUT2D eigenvalue weighted by atomic mass is 32.2. The molecule has 0 aromatic carbocycles. The van der Waals surface area contributed by atoms with Crippen molar-refractivity contribution in [3.63, 3.8) is 0 Å². The Balaban J connectivity index is 1.84. The number of aryl methyl sites for hydroxylation is 1. The Kier molecular flexibility index (Phi) is 4.82. The molecule has 1 aromatic heterocycles. The van der Waals surface area contributed by atoms with Crippen LogP contribution in [0, 0.1) is 12.8 Å². The summed E-state index contributed by atoms with van der Waals surface area (Å²) in [7, 11) is 0. The zero-order valence-electron chi connectivity index (χ0n) is 10.3. The summed E-state index contributed by atoms with van der Waals surface area (Å²) in [5, 5.41) is 12.0.